The molecule has 5 aromatic rings. The monoisotopic (exact) mass is 440 g/mol. The predicted molar refractivity (Wildman–Crippen MR) is 132 cm³/mol. The Morgan fingerprint density at radius 1 is 1.03 bits per heavy atom. The minimum Gasteiger partial charge on any atom is -0.337 e. The number of rotatable bonds is 6. The lowest BCUT2D eigenvalue weighted by Crippen LogP contribution is -2.32. The fourth-order valence-corrected chi connectivity index (χ4v) is 5.09. The van der Waals surface area contributed by atoms with Crippen LogP contribution in [-0.4, -0.2) is 27.0 Å². The van der Waals surface area contributed by atoms with Crippen molar-refractivity contribution in [2.45, 2.75) is 26.8 Å². The minimum absolute atomic E-state index is 0.0178. The number of hydrogen-bond donors (Lipinski definition) is 0. The molecule has 2 aromatic heterocycles. The fraction of sp³-hybridized carbons (Fsp3) is 0.192. The molecular weight excluding hydrogens is 416 g/mol. The number of aryl methyl sites for hydroxylation is 3. The Kier molecular flexibility index (Phi) is 5.45. The highest BCUT2D eigenvalue weighted by Crippen LogP contribution is 2.34. The molecule has 0 fully saturated rings. The number of hydrogen-bond acceptors (Lipinski definition) is 4. The van der Waals surface area contributed by atoms with Crippen molar-refractivity contribution in [3.05, 3.63) is 90.0 Å². The van der Waals surface area contributed by atoms with Crippen LogP contribution in [0.2, 0.25) is 0 Å². The summed E-state index contributed by atoms with van der Waals surface area (Å²) in [4.78, 5) is 24.6. The lowest BCUT2D eigenvalue weighted by atomic mass is 10.1. The Hall–Kier alpha value is -3.51. The molecular formula is C26H24N4OS. The molecule has 0 aliphatic rings. The summed E-state index contributed by atoms with van der Waals surface area (Å²) in [5, 5.41) is 2.94. The van der Waals surface area contributed by atoms with Gasteiger partial charge in [0.25, 0.3) is 5.91 Å². The molecule has 2 heterocycles. The van der Waals surface area contributed by atoms with Crippen LogP contribution in [0.3, 0.4) is 0 Å². The number of imidazole rings is 1. The normalized spacial score (nSPS) is 11.3. The van der Waals surface area contributed by atoms with Crippen LogP contribution in [-0.2, 0) is 6.54 Å². The van der Waals surface area contributed by atoms with Crippen LogP contribution in [0.1, 0.15) is 27.9 Å². The van der Waals surface area contributed by atoms with E-state index in [-0.39, 0.29) is 5.91 Å². The molecule has 3 aromatic carbocycles. The third kappa shape index (κ3) is 3.89. The molecule has 0 saturated carbocycles. The number of amides is 1. The van der Waals surface area contributed by atoms with Crippen LogP contribution in [0.15, 0.2) is 73.3 Å². The topological polar surface area (TPSA) is 51.0 Å². The highest BCUT2D eigenvalue weighted by atomic mass is 32.1. The third-order valence-electron chi connectivity index (χ3n) is 5.76. The molecule has 0 atom stereocenters. The summed E-state index contributed by atoms with van der Waals surface area (Å²) < 4.78 is 3.18. The molecule has 0 unspecified atom stereocenters. The lowest BCUT2D eigenvalue weighted by Gasteiger charge is -2.20. The number of benzene rings is 3. The second-order valence-electron chi connectivity index (χ2n) is 8.05. The van der Waals surface area contributed by atoms with Crippen molar-refractivity contribution in [1.29, 1.82) is 0 Å². The van der Waals surface area contributed by atoms with Gasteiger partial charge in [-0.3, -0.25) is 9.69 Å². The van der Waals surface area contributed by atoms with Crippen LogP contribution in [0.25, 0.3) is 21.0 Å². The van der Waals surface area contributed by atoms with Gasteiger partial charge in [-0.2, -0.15) is 0 Å². The SMILES string of the molecule is Cc1ccc(C)c2sc(N(CCCn3ccnc3)C(=O)c3ccc4ccccc4c3)nc12. The molecule has 0 radical (unpaired) electrons. The minimum atomic E-state index is -0.0178. The average Bonchev–Trinajstić information content (AvgIpc) is 3.49. The summed E-state index contributed by atoms with van der Waals surface area (Å²) in [6.07, 6.45) is 6.33. The summed E-state index contributed by atoms with van der Waals surface area (Å²) in [6, 6.07) is 18.2. The first-order valence-electron chi connectivity index (χ1n) is 10.7. The van der Waals surface area contributed by atoms with Gasteiger partial charge in [0.2, 0.25) is 0 Å². The van der Waals surface area contributed by atoms with E-state index in [9.17, 15) is 4.79 Å². The predicted octanol–water partition coefficient (Wildman–Crippen LogP) is 6.00. The zero-order chi connectivity index (χ0) is 22.1. The van der Waals surface area contributed by atoms with E-state index in [0.717, 1.165) is 44.6 Å². The maximum absolute atomic E-state index is 13.7. The van der Waals surface area contributed by atoms with E-state index in [2.05, 4.69) is 37.0 Å². The second kappa shape index (κ2) is 8.55. The van der Waals surface area contributed by atoms with Crippen molar-refractivity contribution in [1.82, 2.24) is 14.5 Å². The maximum Gasteiger partial charge on any atom is 0.260 e. The van der Waals surface area contributed by atoms with Crippen LogP contribution in [0, 0.1) is 13.8 Å². The number of carbonyl (C=O) groups excluding carboxylic acids is 1. The van der Waals surface area contributed by atoms with Gasteiger partial charge in [0.1, 0.15) is 0 Å². The summed E-state index contributed by atoms with van der Waals surface area (Å²) in [6.45, 7) is 5.55. The van der Waals surface area contributed by atoms with Crippen LogP contribution < -0.4 is 4.90 Å². The van der Waals surface area contributed by atoms with Gasteiger partial charge in [0.15, 0.2) is 5.13 Å². The number of fused-ring (bicyclic) bond motifs is 2. The molecule has 32 heavy (non-hydrogen) atoms. The molecule has 0 saturated heterocycles. The van der Waals surface area contributed by atoms with E-state index in [1.54, 1.807) is 23.9 Å². The van der Waals surface area contributed by atoms with E-state index in [0.29, 0.717) is 12.1 Å². The van der Waals surface area contributed by atoms with Gasteiger partial charge < -0.3 is 4.57 Å². The Morgan fingerprint density at radius 2 is 1.84 bits per heavy atom. The van der Waals surface area contributed by atoms with E-state index in [1.807, 2.05) is 52.1 Å². The summed E-state index contributed by atoms with van der Waals surface area (Å²) >= 11 is 1.60. The summed E-state index contributed by atoms with van der Waals surface area (Å²) in [5.41, 5.74) is 3.98. The van der Waals surface area contributed by atoms with Crippen molar-refractivity contribution >= 4 is 43.4 Å². The van der Waals surface area contributed by atoms with Gasteiger partial charge in [-0.1, -0.05) is 53.8 Å². The number of carbonyl (C=O) groups is 1. The van der Waals surface area contributed by atoms with Crippen molar-refractivity contribution in [3.63, 3.8) is 0 Å². The molecule has 0 aliphatic carbocycles. The molecule has 0 spiro atoms. The van der Waals surface area contributed by atoms with E-state index in [4.69, 9.17) is 4.98 Å². The molecule has 6 heteroatoms. The van der Waals surface area contributed by atoms with Crippen molar-refractivity contribution < 1.29 is 4.79 Å². The standard InChI is InChI=1S/C26H24N4OS/c1-18-8-9-19(2)24-23(18)28-26(32-24)30(14-5-13-29-15-12-27-17-29)25(31)22-11-10-20-6-3-4-7-21(20)16-22/h3-4,6-12,15-17H,5,13-14H2,1-2H3. The quantitative estimate of drug-likeness (QED) is 0.325. The van der Waals surface area contributed by atoms with E-state index >= 15 is 0 Å². The van der Waals surface area contributed by atoms with E-state index < -0.39 is 0 Å². The molecule has 0 bridgehead atoms. The molecule has 0 N–H and O–H groups in total. The van der Waals surface area contributed by atoms with Gasteiger partial charge in [-0.25, -0.2) is 9.97 Å². The van der Waals surface area contributed by atoms with E-state index in [1.165, 1.54) is 5.56 Å². The Bertz CT molecular complexity index is 1370. The molecule has 5 rings (SSSR count). The first-order valence-corrected chi connectivity index (χ1v) is 11.5. The number of aromatic nitrogens is 3. The summed E-state index contributed by atoms with van der Waals surface area (Å²) in [5.74, 6) is -0.0178. The number of nitrogens with zero attached hydrogens (tertiary/aromatic N) is 4. The first kappa shape index (κ1) is 20.4. The Labute approximate surface area is 191 Å². The number of anilines is 1. The first-order chi connectivity index (χ1) is 15.6. The highest BCUT2D eigenvalue weighted by molar-refractivity contribution is 7.22. The molecule has 160 valence electrons. The fourth-order valence-electron chi connectivity index (χ4n) is 3.96. The van der Waals surface area contributed by atoms with Crippen LogP contribution in [0.4, 0.5) is 5.13 Å². The largest absolute Gasteiger partial charge is 0.337 e. The highest BCUT2D eigenvalue weighted by Gasteiger charge is 2.22. The van der Waals surface area contributed by atoms with Crippen LogP contribution >= 0.6 is 11.3 Å². The Morgan fingerprint density at radius 3 is 2.62 bits per heavy atom. The molecule has 1 amide bonds. The number of thiazole rings is 1. The van der Waals surface area contributed by atoms with Gasteiger partial charge >= 0.3 is 0 Å². The van der Waals surface area contributed by atoms with Gasteiger partial charge in [0, 0.05) is 31.0 Å². The maximum atomic E-state index is 13.7. The lowest BCUT2D eigenvalue weighted by molar-refractivity contribution is 0.0986. The molecule has 0 aliphatic heterocycles. The van der Waals surface area contributed by atoms with Gasteiger partial charge in [-0.15, -0.1) is 0 Å². The summed E-state index contributed by atoms with van der Waals surface area (Å²) in [7, 11) is 0. The van der Waals surface area contributed by atoms with Gasteiger partial charge in [0.05, 0.1) is 16.5 Å². The zero-order valence-corrected chi connectivity index (χ0v) is 19.0. The average molecular weight is 441 g/mol. The van der Waals surface area contributed by atoms with Crippen molar-refractivity contribution in [2.75, 3.05) is 11.4 Å². The van der Waals surface area contributed by atoms with Crippen molar-refractivity contribution in [2.24, 2.45) is 0 Å². The zero-order valence-electron chi connectivity index (χ0n) is 18.2. The van der Waals surface area contributed by atoms with Crippen LogP contribution in [0.5, 0.6) is 0 Å². The molecule has 5 nitrogen and oxygen atoms in total. The van der Waals surface area contributed by atoms with Crippen molar-refractivity contribution in [3.8, 4) is 0 Å². The smallest absolute Gasteiger partial charge is 0.260 e. The second-order valence-corrected chi connectivity index (χ2v) is 9.02. The third-order valence-corrected chi connectivity index (χ3v) is 6.97. The van der Waals surface area contributed by atoms with Gasteiger partial charge in [-0.05, 0) is 54.3 Å². The Balaban J connectivity index is 1.51.